The minimum absolute atomic E-state index is 0.0165. The summed E-state index contributed by atoms with van der Waals surface area (Å²) in [5.41, 5.74) is 1.17. The molecule has 106 valence electrons. The van der Waals surface area contributed by atoms with Crippen LogP contribution in [-0.2, 0) is 0 Å². The van der Waals surface area contributed by atoms with Crippen LogP contribution >= 0.6 is 15.9 Å². The summed E-state index contributed by atoms with van der Waals surface area (Å²) in [7, 11) is 0. The zero-order chi connectivity index (χ0) is 14.6. The summed E-state index contributed by atoms with van der Waals surface area (Å²) < 4.78 is 13.0. The number of rotatable bonds is 4. The first-order valence-corrected chi connectivity index (χ1v) is 7.51. The highest BCUT2D eigenvalue weighted by molar-refractivity contribution is 9.09. The Kier molecular flexibility index (Phi) is 5.53. The second kappa shape index (κ2) is 6.51. The maximum absolute atomic E-state index is 13.0. The molecule has 19 heavy (non-hydrogen) atoms. The van der Waals surface area contributed by atoms with Gasteiger partial charge in [-0.2, -0.15) is 0 Å². The highest BCUT2D eigenvalue weighted by atomic mass is 79.9. The summed E-state index contributed by atoms with van der Waals surface area (Å²) in [5, 5.41) is 3.87. The van der Waals surface area contributed by atoms with E-state index < -0.39 is 0 Å². The lowest BCUT2D eigenvalue weighted by Crippen LogP contribution is -2.44. The Morgan fingerprint density at radius 3 is 2.53 bits per heavy atom. The zero-order valence-corrected chi connectivity index (χ0v) is 13.5. The van der Waals surface area contributed by atoms with E-state index in [1.807, 2.05) is 0 Å². The lowest BCUT2D eigenvalue weighted by Gasteiger charge is -2.31. The molecule has 2 nitrogen and oxygen atoms in total. The van der Waals surface area contributed by atoms with Crippen LogP contribution in [0.2, 0.25) is 0 Å². The summed E-state index contributed by atoms with van der Waals surface area (Å²) in [5.74, 6) is -0.458. The van der Waals surface area contributed by atoms with Gasteiger partial charge in [-0.05, 0) is 42.5 Å². The minimum Gasteiger partial charge on any atom is -0.349 e. The van der Waals surface area contributed by atoms with E-state index in [2.05, 4.69) is 42.0 Å². The third-order valence-electron chi connectivity index (χ3n) is 3.18. The standard InChI is InChI=1S/C15H21BrFNO/c1-10-9-11(17)5-6-12(10)14(19)18-13(7-8-16)15(2,3)4/h5-6,9,13H,7-8H2,1-4H3,(H,18,19). The van der Waals surface area contributed by atoms with Crippen LogP contribution in [0.3, 0.4) is 0 Å². The Labute approximate surface area is 122 Å². The molecule has 1 rings (SSSR count). The van der Waals surface area contributed by atoms with Crippen molar-refractivity contribution in [2.45, 2.75) is 40.2 Å². The molecule has 0 saturated heterocycles. The topological polar surface area (TPSA) is 29.1 Å². The molecule has 0 fully saturated rings. The van der Waals surface area contributed by atoms with E-state index in [-0.39, 0.29) is 23.2 Å². The monoisotopic (exact) mass is 329 g/mol. The first kappa shape index (κ1) is 16.2. The number of alkyl halides is 1. The number of aryl methyl sites for hydroxylation is 1. The molecule has 1 amide bonds. The maximum atomic E-state index is 13.0. The van der Waals surface area contributed by atoms with Crippen LogP contribution < -0.4 is 5.32 Å². The molecule has 0 spiro atoms. The van der Waals surface area contributed by atoms with Crippen molar-refractivity contribution >= 4 is 21.8 Å². The number of hydrogen-bond acceptors (Lipinski definition) is 1. The van der Waals surface area contributed by atoms with Crippen LogP contribution in [0.4, 0.5) is 4.39 Å². The maximum Gasteiger partial charge on any atom is 0.251 e. The smallest absolute Gasteiger partial charge is 0.251 e. The molecule has 0 bridgehead atoms. The van der Waals surface area contributed by atoms with Gasteiger partial charge in [0.1, 0.15) is 5.82 Å². The number of amides is 1. The Bertz CT molecular complexity index is 454. The molecular weight excluding hydrogens is 309 g/mol. The Morgan fingerprint density at radius 1 is 1.42 bits per heavy atom. The van der Waals surface area contributed by atoms with Crippen molar-refractivity contribution in [3.63, 3.8) is 0 Å². The van der Waals surface area contributed by atoms with E-state index in [0.29, 0.717) is 11.1 Å². The van der Waals surface area contributed by atoms with Gasteiger partial charge >= 0.3 is 0 Å². The van der Waals surface area contributed by atoms with Crippen LogP contribution in [0.5, 0.6) is 0 Å². The van der Waals surface area contributed by atoms with E-state index >= 15 is 0 Å². The Hall–Kier alpha value is -0.900. The van der Waals surface area contributed by atoms with Crippen molar-refractivity contribution in [1.29, 1.82) is 0 Å². The minimum atomic E-state index is -0.318. The molecule has 1 N–H and O–H groups in total. The van der Waals surface area contributed by atoms with E-state index in [9.17, 15) is 9.18 Å². The van der Waals surface area contributed by atoms with Gasteiger partial charge < -0.3 is 5.32 Å². The number of hydrogen-bond donors (Lipinski definition) is 1. The molecule has 0 aromatic heterocycles. The van der Waals surface area contributed by atoms with Crippen LogP contribution in [0.1, 0.15) is 43.1 Å². The average Bonchev–Trinajstić information content (AvgIpc) is 2.26. The van der Waals surface area contributed by atoms with Crippen molar-refractivity contribution in [3.8, 4) is 0 Å². The third-order valence-corrected chi connectivity index (χ3v) is 3.64. The van der Waals surface area contributed by atoms with Gasteiger partial charge in [0.25, 0.3) is 5.91 Å². The molecule has 0 heterocycles. The first-order chi connectivity index (χ1) is 8.75. The summed E-state index contributed by atoms with van der Waals surface area (Å²) in [6.45, 7) is 8.03. The molecule has 0 radical (unpaired) electrons. The van der Waals surface area contributed by atoms with Gasteiger partial charge in [0.2, 0.25) is 0 Å². The number of nitrogens with one attached hydrogen (secondary N) is 1. The van der Waals surface area contributed by atoms with E-state index in [0.717, 1.165) is 11.8 Å². The second-order valence-electron chi connectivity index (χ2n) is 5.83. The Balaban J connectivity index is 2.88. The molecule has 1 aromatic carbocycles. The van der Waals surface area contributed by atoms with E-state index in [4.69, 9.17) is 0 Å². The first-order valence-electron chi connectivity index (χ1n) is 6.38. The molecule has 0 aliphatic rings. The fourth-order valence-corrected chi connectivity index (χ4v) is 2.41. The van der Waals surface area contributed by atoms with Gasteiger partial charge in [0.15, 0.2) is 0 Å². The third kappa shape index (κ3) is 4.60. The average molecular weight is 330 g/mol. The van der Waals surface area contributed by atoms with Crippen LogP contribution in [-0.4, -0.2) is 17.3 Å². The second-order valence-corrected chi connectivity index (χ2v) is 6.62. The van der Waals surface area contributed by atoms with Crippen molar-refractivity contribution in [2.75, 3.05) is 5.33 Å². The number of benzene rings is 1. The molecule has 1 aromatic rings. The van der Waals surface area contributed by atoms with Crippen molar-refractivity contribution in [1.82, 2.24) is 5.32 Å². The van der Waals surface area contributed by atoms with Crippen molar-refractivity contribution in [2.24, 2.45) is 5.41 Å². The van der Waals surface area contributed by atoms with Crippen LogP contribution in [0.25, 0.3) is 0 Å². The number of halogens is 2. The van der Waals surface area contributed by atoms with Gasteiger partial charge in [-0.15, -0.1) is 0 Å². The zero-order valence-electron chi connectivity index (χ0n) is 11.9. The van der Waals surface area contributed by atoms with E-state index in [1.54, 1.807) is 6.92 Å². The SMILES string of the molecule is Cc1cc(F)ccc1C(=O)NC(CCBr)C(C)(C)C. The largest absolute Gasteiger partial charge is 0.349 e. The quantitative estimate of drug-likeness (QED) is 0.829. The lowest BCUT2D eigenvalue weighted by atomic mass is 9.85. The van der Waals surface area contributed by atoms with Gasteiger partial charge in [0, 0.05) is 16.9 Å². The molecule has 1 atom stereocenters. The van der Waals surface area contributed by atoms with Gasteiger partial charge in [0.05, 0.1) is 0 Å². The van der Waals surface area contributed by atoms with Gasteiger partial charge in [-0.25, -0.2) is 4.39 Å². The summed E-state index contributed by atoms with van der Waals surface area (Å²) >= 11 is 3.41. The predicted octanol–water partition coefficient (Wildman–Crippen LogP) is 4.06. The number of carbonyl (C=O) groups excluding carboxylic acids is 1. The van der Waals surface area contributed by atoms with Gasteiger partial charge in [-0.3, -0.25) is 4.79 Å². The highest BCUT2D eigenvalue weighted by Gasteiger charge is 2.26. The normalized spacial score (nSPS) is 13.2. The summed E-state index contributed by atoms with van der Waals surface area (Å²) in [6, 6.07) is 4.31. The molecule has 0 aliphatic heterocycles. The summed E-state index contributed by atoms with van der Waals surface area (Å²) in [4.78, 5) is 12.3. The van der Waals surface area contributed by atoms with Gasteiger partial charge in [-0.1, -0.05) is 36.7 Å². The number of carbonyl (C=O) groups is 1. The van der Waals surface area contributed by atoms with Crippen molar-refractivity contribution < 1.29 is 9.18 Å². The molecule has 0 saturated carbocycles. The Morgan fingerprint density at radius 2 is 2.05 bits per heavy atom. The molecule has 1 unspecified atom stereocenters. The molecule has 0 aliphatic carbocycles. The van der Waals surface area contributed by atoms with Crippen LogP contribution in [0, 0.1) is 18.2 Å². The molecular formula is C15H21BrFNO. The van der Waals surface area contributed by atoms with Crippen LogP contribution in [0.15, 0.2) is 18.2 Å². The lowest BCUT2D eigenvalue weighted by molar-refractivity contribution is 0.0900. The van der Waals surface area contributed by atoms with Crippen molar-refractivity contribution in [3.05, 3.63) is 35.1 Å². The fourth-order valence-electron chi connectivity index (χ4n) is 1.95. The summed E-state index contributed by atoms with van der Waals surface area (Å²) in [6.07, 6.45) is 0.857. The van der Waals surface area contributed by atoms with E-state index in [1.165, 1.54) is 18.2 Å². The fraction of sp³-hybridized carbons (Fsp3) is 0.533. The molecule has 4 heteroatoms. The highest BCUT2D eigenvalue weighted by Crippen LogP contribution is 2.23. The predicted molar refractivity (Wildman–Crippen MR) is 80.3 cm³/mol.